The second kappa shape index (κ2) is 4.50. The average Bonchev–Trinajstić information content (AvgIpc) is 2.74. The van der Waals surface area contributed by atoms with Crippen LogP contribution in [-0.4, -0.2) is 30.3 Å². The lowest BCUT2D eigenvalue weighted by Gasteiger charge is -2.19. The first-order chi connectivity index (χ1) is 7.76. The maximum Gasteiger partial charge on any atom is 0.146 e. The molecule has 84 valence electrons. The summed E-state index contributed by atoms with van der Waals surface area (Å²) >= 11 is 0. The molecule has 0 aromatic carbocycles. The maximum absolute atomic E-state index is 9.09. The Bertz CT molecular complexity index is 437. The lowest BCUT2D eigenvalue weighted by molar-refractivity contribution is 0.304. The third kappa shape index (κ3) is 1.86. The molecular formula is C12H15N3O. The van der Waals surface area contributed by atoms with Gasteiger partial charge in [0.15, 0.2) is 0 Å². The zero-order valence-corrected chi connectivity index (χ0v) is 9.40. The molecule has 2 rings (SSSR count). The predicted molar refractivity (Wildman–Crippen MR) is 61.3 cm³/mol. The Labute approximate surface area is 95.1 Å². The topological polar surface area (TPSA) is 60.1 Å². The average molecular weight is 217 g/mol. The van der Waals surface area contributed by atoms with Crippen LogP contribution >= 0.6 is 0 Å². The summed E-state index contributed by atoms with van der Waals surface area (Å²) in [6, 6.07) is 4.12. The lowest BCUT2D eigenvalue weighted by Crippen LogP contribution is -2.23. The number of aliphatic hydroxyl groups excluding tert-OH is 1. The van der Waals surface area contributed by atoms with Gasteiger partial charge in [0, 0.05) is 19.3 Å². The summed E-state index contributed by atoms with van der Waals surface area (Å²) in [5, 5.41) is 18.0. The fourth-order valence-electron chi connectivity index (χ4n) is 2.09. The van der Waals surface area contributed by atoms with Crippen LogP contribution in [0.25, 0.3) is 0 Å². The standard InChI is InChI=1S/C12H15N3O/c1-15(5-6-16)12-10(8-13)7-9-3-2-4-11(9)14-12/h7,16H,2-6H2,1H3. The molecule has 4 heteroatoms. The number of aromatic nitrogens is 1. The number of nitriles is 1. The third-order valence-corrected chi connectivity index (χ3v) is 2.95. The Morgan fingerprint density at radius 2 is 2.38 bits per heavy atom. The van der Waals surface area contributed by atoms with Crippen LogP contribution in [0.15, 0.2) is 6.07 Å². The molecule has 1 aromatic heterocycles. The summed E-state index contributed by atoms with van der Waals surface area (Å²) in [5.41, 5.74) is 2.92. The number of hydrogen-bond donors (Lipinski definition) is 1. The van der Waals surface area contributed by atoms with Crippen molar-refractivity contribution in [1.29, 1.82) is 5.26 Å². The van der Waals surface area contributed by atoms with Crippen molar-refractivity contribution in [1.82, 2.24) is 4.98 Å². The fourth-order valence-corrected chi connectivity index (χ4v) is 2.09. The quantitative estimate of drug-likeness (QED) is 0.816. The number of likely N-dealkylation sites (N-methyl/N-ethyl adjacent to an activating group) is 1. The minimum atomic E-state index is 0.0696. The second-order valence-electron chi connectivity index (χ2n) is 4.08. The molecule has 0 amide bonds. The SMILES string of the molecule is CN(CCO)c1nc2c(cc1C#N)CCC2. The molecule has 0 atom stereocenters. The van der Waals surface area contributed by atoms with Crippen LogP contribution in [0, 0.1) is 11.3 Å². The van der Waals surface area contributed by atoms with Gasteiger partial charge in [-0.05, 0) is 30.9 Å². The largest absolute Gasteiger partial charge is 0.395 e. The van der Waals surface area contributed by atoms with Gasteiger partial charge >= 0.3 is 0 Å². The normalized spacial score (nSPS) is 13.3. The van der Waals surface area contributed by atoms with E-state index < -0.39 is 0 Å². The Kier molecular flexibility index (Phi) is 3.07. The Balaban J connectivity index is 2.40. The van der Waals surface area contributed by atoms with Gasteiger partial charge in [0.05, 0.1) is 12.2 Å². The van der Waals surface area contributed by atoms with E-state index in [4.69, 9.17) is 10.4 Å². The van der Waals surface area contributed by atoms with E-state index in [1.807, 2.05) is 18.0 Å². The highest BCUT2D eigenvalue weighted by molar-refractivity contribution is 5.56. The highest BCUT2D eigenvalue weighted by Gasteiger charge is 2.18. The fraction of sp³-hybridized carbons (Fsp3) is 0.500. The number of pyridine rings is 1. The number of nitrogens with zero attached hydrogens (tertiary/aromatic N) is 3. The van der Waals surface area contributed by atoms with Gasteiger partial charge in [-0.1, -0.05) is 0 Å². The van der Waals surface area contributed by atoms with E-state index in [2.05, 4.69) is 11.1 Å². The molecule has 1 aromatic rings. The van der Waals surface area contributed by atoms with E-state index in [9.17, 15) is 0 Å². The summed E-state index contributed by atoms with van der Waals surface area (Å²) in [5.74, 6) is 0.692. The van der Waals surface area contributed by atoms with Crippen LogP contribution in [0.4, 0.5) is 5.82 Å². The minimum Gasteiger partial charge on any atom is -0.395 e. The van der Waals surface area contributed by atoms with Crippen molar-refractivity contribution in [3.8, 4) is 6.07 Å². The molecule has 0 fully saturated rings. The molecule has 0 radical (unpaired) electrons. The first-order valence-electron chi connectivity index (χ1n) is 5.51. The van der Waals surface area contributed by atoms with E-state index in [1.54, 1.807) is 0 Å². The molecule has 1 heterocycles. The van der Waals surface area contributed by atoms with Gasteiger partial charge in [0.1, 0.15) is 11.9 Å². The zero-order valence-electron chi connectivity index (χ0n) is 9.40. The summed E-state index contributed by atoms with van der Waals surface area (Å²) in [7, 11) is 1.85. The first-order valence-corrected chi connectivity index (χ1v) is 5.51. The van der Waals surface area contributed by atoms with Gasteiger partial charge in [0.25, 0.3) is 0 Å². The highest BCUT2D eigenvalue weighted by atomic mass is 16.3. The Hall–Kier alpha value is -1.60. The first kappa shape index (κ1) is 10.9. The van der Waals surface area contributed by atoms with E-state index in [0.717, 1.165) is 25.0 Å². The van der Waals surface area contributed by atoms with Crippen molar-refractivity contribution in [2.75, 3.05) is 25.1 Å². The molecule has 1 N–H and O–H groups in total. The van der Waals surface area contributed by atoms with E-state index in [0.29, 0.717) is 17.9 Å². The molecule has 0 bridgehead atoms. The van der Waals surface area contributed by atoms with Crippen molar-refractivity contribution in [2.24, 2.45) is 0 Å². The Morgan fingerprint density at radius 3 is 3.06 bits per heavy atom. The number of rotatable bonds is 3. The van der Waals surface area contributed by atoms with Gasteiger partial charge in [-0.2, -0.15) is 5.26 Å². The number of hydrogen-bond acceptors (Lipinski definition) is 4. The molecule has 0 unspecified atom stereocenters. The van der Waals surface area contributed by atoms with Crippen molar-refractivity contribution in [3.05, 3.63) is 22.9 Å². The van der Waals surface area contributed by atoms with Crippen molar-refractivity contribution in [2.45, 2.75) is 19.3 Å². The van der Waals surface area contributed by atoms with Crippen LogP contribution in [0.2, 0.25) is 0 Å². The third-order valence-electron chi connectivity index (χ3n) is 2.95. The molecule has 16 heavy (non-hydrogen) atoms. The lowest BCUT2D eigenvalue weighted by atomic mass is 10.1. The van der Waals surface area contributed by atoms with Gasteiger partial charge in [-0.25, -0.2) is 4.98 Å². The van der Waals surface area contributed by atoms with Crippen LogP contribution in [0.1, 0.15) is 23.2 Å². The van der Waals surface area contributed by atoms with Crippen LogP contribution < -0.4 is 4.90 Å². The van der Waals surface area contributed by atoms with E-state index >= 15 is 0 Å². The summed E-state index contributed by atoms with van der Waals surface area (Å²) in [6.07, 6.45) is 3.16. The molecule has 4 nitrogen and oxygen atoms in total. The maximum atomic E-state index is 9.09. The molecule has 1 aliphatic carbocycles. The van der Waals surface area contributed by atoms with Gasteiger partial charge in [-0.15, -0.1) is 0 Å². The summed E-state index contributed by atoms with van der Waals surface area (Å²) < 4.78 is 0. The van der Waals surface area contributed by atoms with Crippen LogP contribution in [-0.2, 0) is 12.8 Å². The van der Waals surface area contributed by atoms with Gasteiger partial charge < -0.3 is 10.0 Å². The monoisotopic (exact) mass is 217 g/mol. The number of aliphatic hydroxyl groups is 1. The Morgan fingerprint density at radius 1 is 1.56 bits per heavy atom. The summed E-state index contributed by atoms with van der Waals surface area (Å²) in [4.78, 5) is 6.37. The number of anilines is 1. The minimum absolute atomic E-state index is 0.0696. The second-order valence-corrected chi connectivity index (χ2v) is 4.08. The molecule has 0 saturated carbocycles. The zero-order chi connectivity index (χ0) is 11.5. The van der Waals surface area contributed by atoms with E-state index in [1.165, 1.54) is 5.56 Å². The molecule has 0 spiro atoms. The van der Waals surface area contributed by atoms with Gasteiger partial charge in [0.2, 0.25) is 0 Å². The summed E-state index contributed by atoms with van der Waals surface area (Å²) in [6.45, 7) is 0.570. The van der Waals surface area contributed by atoms with E-state index in [-0.39, 0.29) is 6.61 Å². The van der Waals surface area contributed by atoms with Crippen molar-refractivity contribution in [3.63, 3.8) is 0 Å². The number of fused-ring (bicyclic) bond motifs is 1. The van der Waals surface area contributed by atoms with Crippen LogP contribution in [0.5, 0.6) is 0 Å². The van der Waals surface area contributed by atoms with Crippen LogP contribution in [0.3, 0.4) is 0 Å². The molecular weight excluding hydrogens is 202 g/mol. The number of aryl methyl sites for hydroxylation is 2. The predicted octanol–water partition coefficient (Wildman–Crippen LogP) is 0.870. The smallest absolute Gasteiger partial charge is 0.146 e. The molecule has 1 aliphatic rings. The molecule has 0 saturated heterocycles. The highest BCUT2D eigenvalue weighted by Crippen LogP contribution is 2.26. The van der Waals surface area contributed by atoms with Gasteiger partial charge in [-0.3, -0.25) is 0 Å². The molecule has 0 aliphatic heterocycles. The van der Waals surface area contributed by atoms with Crippen molar-refractivity contribution >= 4 is 5.82 Å². The van der Waals surface area contributed by atoms with Crippen molar-refractivity contribution < 1.29 is 5.11 Å².